The van der Waals surface area contributed by atoms with Gasteiger partial charge in [-0.2, -0.15) is 0 Å². The topological polar surface area (TPSA) is 73.7 Å². The Kier molecular flexibility index (Phi) is 5.30. The van der Waals surface area contributed by atoms with Gasteiger partial charge in [0.2, 0.25) is 5.91 Å². The van der Waals surface area contributed by atoms with Gasteiger partial charge in [0.1, 0.15) is 17.0 Å². The minimum atomic E-state index is -1.17. The van der Waals surface area contributed by atoms with Crippen molar-refractivity contribution in [2.75, 3.05) is 11.4 Å². The molecule has 0 unspecified atom stereocenters. The van der Waals surface area contributed by atoms with Crippen LogP contribution in [0.25, 0.3) is 11.1 Å². The van der Waals surface area contributed by atoms with E-state index in [1.807, 2.05) is 0 Å². The van der Waals surface area contributed by atoms with E-state index >= 15 is 0 Å². The van der Waals surface area contributed by atoms with E-state index in [1.54, 1.807) is 39.0 Å². The van der Waals surface area contributed by atoms with Gasteiger partial charge in [0, 0.05) is 18.3 Å². The van der Waals surface area contributed by atoms with Crippen LogP contribution in [-0.2, 0) is 4.79 Å². The fraction of sp³-hybridized carbons (Fsp3) is 0.350. The third kappa shape index (κ3) is 3.80. The summed E-state index contributed by atoms with van der Waals surface area (Å²) in [4.78, 5) is 30.9. The average Bonchev–Trinajstić information content (AvgIpc) is 2.94. The van der Waals surface area contributed by atoms with E-state index in [1.165, 1.54) is 23.2 Å². The summed E-state index contributed by atoms with van der Waals surface area (Å²) >= 11 is 5.89. The van der Waals surface area contributed by atoms with Crippen molar-refractivity contribution in [3.8, 4) is 11.1 Å². The van der Waals surface area contributed by atoms with Crippen molar-refractivity contribution in [1.29, 1.82) is 0 Å². The van der Waals surface area contributed by atoms with E-state index in [4.69, 9.17) is 11.6 Å². The maximum absolute atomic E-state index is 14.8. The molecule has 1 aromatic carbocycles. The highest BCUT2D eigenvalue weighted by Crippen LogP contribution is 2.32. The number of carbonyl (C=O) groups excluding carboxylic acids is 1. The monoisotopic (exact) mass is 405 g/mol. The molecule has 1 aliphatic rings. The summed E-state index contributed by atoms with van der Waals surface area (Å²) in [5, 5.41) is 9.85. The first-order valence-corrected chi connectivity index (χ1v) is 9.22. The van der Waals surface area contributed by atoms with Crippen molar-refractivity contribution < 1.29 is 19.1 Å². The summed E-state index contributed by atoms with van der Waals surface area (Å²) in [5.41, 5.74) is 0.706. The van der Waals surface area contributed by atoms with Gasteiger partial charge in [0.05, 0.1) is 5.69 Å². The van der Waals surface area contributed by atoms with E-state index in [0.717, 1.165) is 4.90 Å². The lowest BCUT2D eigenvalue weighted by atomic mass is 10.0. The van der Waals surface area contributed by atoms with Gasteiger partial charge in [-0.3, -0.25) is 9.69 Å². The lowest BCUT2D eigenvalue weighted by Crippen LogP contribution is -2.54. The van der Waals surface area contributed by atoms with Crippen LogP contribution in [0.5, 0.6) is 0 Å². The molecule has 0 saturated carbocycles. The number of aromatic nitrogens is 1. The van der Waals surface area contributed by atoms with Gasteiger partial charge in [-0.1, -0.05) is 17.7 Å². The van der Waals surface area contributed by atoms with E-state index in [9.17, 15) is 19.1 Å². The number of hydrogen-bond acceptors (Lipinski definition) is 3. The molecule has 0 bridgehead atoms. The number of amides is 2. The number of halogens is 2. The van der Waals surface area contributed by atoms with Gasteiger partial charge in [-0.05, 0) is 62.6 Å². The molecule has 2 amide bonds. The normalized spacial score (nSPS) is 17.1. The molecular formula is C20H21ClFN3O3. The smallest absolute Gasteiger partial charge is 0.408 e. The molecule has 2 heterocycles. The summed E-state index contributed by atoms with van der Waals surface area (Å²) in [6.07, 6.45) is 0.673. The van der Waals surface area contributed by atoms with Gasteiger partial charge >= 0.3 is 6.09 Å². The third-order valence-corrected chi connectivity index (χ3v) is 4.92. The number of pyridine rings is 1. The van der Waals surface area contributed by atoms with Crippen LogP contribution in [0.4, 0.5) is 14.9 Å². The van der Waals surface area contributed by atoms with Crippen molar-refractivity contribution in [3.63, 3.8) is 0 Å². The molecule has 0 radical (unpaired) electrons. The van der Waals surface area contributed by atoms with Crippen LogP contribution in [-0.4, -0.2) is 45.1 Å². The number of carbonyl (C=O) groups is 2. The first-order valence-electron chi connectivity index (χ1n) is 8.84. The molecule has 1 aromatic heterocycles. The highest BCUT2D eigenvalue weighted by atomic mass is 35.5. The molecule has 1 fully saturated rings. The number of carboxylic acid groups (broad SMARTS) is 1. The zero-order valence-corrected chi connectivity index (χ0v) is 16.6. The third-order valence-electron chi connectivity index (χ3n) is 4.72. The molecule has 1 N–H and O–H groups in total. The Morgan fingerprint density at radius 2 is 1.96 bits per heavy atom. The average molecular weight is 406 g/mol. The van der Waals surface area contributed by atoms with Gasteiger partial charge in [-0.15, -0.1) is 0 Å². The molecule has 28 heavy (non-hydrogen) atoms. The van der Waals surface area contributed by atoms with Crippen LogP contribution in [0.2, 0.25) is 5.15 Å². The molecule has 2 aromatic rings. The summed E-state index contributed by atoms with van der Waals surface area (Å²) in [7, 11) is 0. The molecule has 148 valence electrons. The SMILES string of the molecule is CC(C)(C)N(C(=O)O)[C@H]1CCN(c2ccc(-c3ccnc(Cl)c3)cc2F)C1=O. The zero-order valence-electron chi connectivity index (χ0n) is 15.8. The highest BCUT2D eigenvalue weighted by Gasteiger charge is 2.43. The molecule has 3 rings (SSSR count). The van der Waals surface area contributed by atoms with Gasteiger partial charge in [0.25, 0.3) is 0 Å². The number of rotatable bonds is 3. The van der Waals surface area contributed by atoms with Crippen LogP contribution >= 0.6 is 11.6 Å². The number of benzene rings is 1. The summed E-state index contributed by atoms with van der Waals surface area (Å²) in [6, 6.07) is 7.06. The molecule has 0 spiro atoms. The first-order chi connectivity index (χ1) is 13.1. The largest absolute Gasteiger partial charge is 0.465 e. The van der Waals surface area contributed by atoms with E-state index in [2.05, 4.69) is 4.98 Å². The van der Waals surface area contributed by atoms with Crippen molar-refractivity contribution >= 4 is 29.3 Å². The van der Waals surface area contributed by atoms with Crippen molar-refractivity contribution in [2.24, 2.45) is 0 Å². The second-order valence-electron chi connectivity index (χ2n) is 7.65. The van der Waals surface area contributed by atoms with E-state index in [-0.39, 0.29) is 12.2 Å². The standard InChI is InChI=1S/C20H21ClFN3O3/c1-20(2,3)25(19(27)28)16-7-9-24(18(16)26)15-5-4-12(10-14(15)22)13-6-8-23-17(21)11-13/h4-6,8,10-11,16H,7,9H2,1-3H3,(H,27,28)/t16-/m0/s1. The zero-order chi connectivity index (χ0) is 20.6. The molecule has 1 aliphatic heterocycles. The minimum Gasteiger partial charge on any atom is -0.465 e. The summed E-state index contributed by atoms with van der Waals surface area (Å²) in [5.74, 6) is -0.979. The lowest BCUT2D eigenvalue weighted by Gasteiger charge is -2.36. The predicted molar refractivity (Wildman–Crippen MR) is 105 cm³/mol. The molecule has 0 aliphatic carbocycles. The van der Waals surface area contributed by atoms with E-state index in [0.29, 0.717) is 22.7 Å². The van der Waals surface area contributed by atoms with Crippen LogP contribution in [0.15, 0.2) is 36.5 Å². The number of hydrogen-bond donors (Lipinski definition) is 1. The number of nitrogens with zero attached hydrogens (tertiary/aromatic N) is 3. The first kappa shape index (κ1) is 20.1. The Balaban J connectivity index is 1.89. The fourth-order valence-corrected chi connectivity index (χ4v) is 3.69. The molecule has 1 saturated heterocycles. The Morgan fingerprint density at radius 1 is 1.29 bits per heavy atom. The maximum atomic E-state index is 14.8. The van der Waals surface area contributed by atoms with Crippen molar-refractivity contribution in [1.82, 2.24) is 9.88 Å². The van der Waals surface area contributed by atoms with Crippen molar-refractivity contribution in [2.45, 2.75) is 38.8 Å². The Labute approximate surface area is 167 Å². The predicted octanol–water partition coefficient (Wildman–Crippen LogP) is 4.42. The number of anilines is 1. The van der Waals surface area contributed by atoms with Crippen LogP contribution in [0.1, 0.15) is 27.2 Å². The van der Waals surface area contributed by atoms with Crippen LogP contribution in [0.3, 0.4) is 0 Å². The molecule has 8 heteroatoms. The lowest BCUT2D eigenvalue weighted by molar-refractivity contribution is -0.122. The Hall–Kier alpha value is -2.67. The summed E-state index contributed by atoms with van der Waals surface area (Å²) in [6.45, 7) is 5.44. The quantitative estimate of drug-likeness (QED) is 0.767. The van der Waals surface area contributed by atoms with E-state index < -0.39 is 29.4 Å². The van der Waals surface area contributed by atoms with Gasteiger partial charge in [0.15, 0.2) is 0 Å². The highest BCUT2D eigenvalue weighted by molar-refractivity contribution is 6.29. The van der Waals surface area contributed by atoms with Gasteiger partial charge < -0.3 is 10.0 Å². The molecule has 6 nitrogen and oxygen atoms in total. The second kappa shape index (κ2) is 7.39. The molecule has 1 atom stereocenters. The van der Waals surface area contributed by atoms with Gasteiger partial charge in [-0.25, -0.2) is 14.2 Å². The molecular weight excluding hydrogens is 385 g/mol. The maximum Gasteiger partial charge on any atom is 0.408 e. The Bertz CT molecular complexity index is 929. The van der Waals surface area contributed by atoms with Crippen LogP contribution in [0, 0.1) is 5.82 Å². The minimum absolute atomic E-state index is 0.135. The second-order valence-corrected chi connectivity index (χ2v) is 8.04. The fourth-order valence-electron chi connectivity index (χ4n) is 3.52. The van der Waals surface area contributed by atoms with Crippen molar-refractivity contribution in [3.05, 3.63) is 47.5 Å². The Morgan fingerprint density at radius 3 is 2.54 bits per heavy atom. The van der Waals surface area contributed by atoms with Crippen LogP contribution < -0.4 is 4.90 Å². The summed E-state index contributed by atoms with van der Waals surface area (Å²) < 4.78 is 14.8.